The largest absolute Gasteiger partial charge is 0.352 e. The van der Waals surface area contributed by atoms with Gasteiger partial charge in [-0.05, 0) is 81.8 Å². The van der Waals surface area contributed by atoms with Crippen LogP contribution in [0.2, 0.25) is 5.02 Å². The summed E-state index contributed by atoms with van der Waals surface area (Å²) in [7, 11) is -4.10. The lowest BCUT2D eigenvalue weighted by atomic mass is 10.1. The lowest BCUT2D eigenvalue weighted by Gasteiger charge is -2.32. The Morgan fingerprint density at radius 2 is 1.50 bits per heavy atom. The Labute approximate surface area is 238 Å². The van der Waals surface area contributed by atoms with Gasteiger partial charge in [0.2, 0.25) is 11.8 Å². The standard InChI is InChI=1S/C28H31BrClN3O4S/c1-19(2)31-28(35)21(4)32(17-22-7-11-24(30)12-8-22)27(34)18-33(25-13-9-23(29)10-14-25)38(36,37)26-15-5-20(3)6-16-26/h5-16,19,21H,17-18H2,1-4H3,(H,31,35)/t21-/m1/s1. The highest BCUT2D eigenvalue weighted by atomic mass is 79.9. The van der Waals surface area contributed by atoms with Gasteiger partial charge in [0, 0.05) is 22.1 Å². The van der Waals surface area contributed by atoms with Gasteiger partial charge >= 0.3 is 0 Å². The lowest BCUT2D eigenvalue weighted by Crippen LogP contribution is -2.52. The van der Waals surface area contributed by atoms with Crippen molar-refractivity contribution in [3.63, 3.8) is 0 Å². The SMILES string of the molecule is Cc1ccc(S(=O)(=O)N(CC(=O)N(Cc2ccc(Cl)cc2)[C@H](C)C(=O)NC(C)C)c2ccc(Br)cc2)cc1. The van der Waals surface area contributed by atoms with Gasteiger partial charge in [0.15, 0.2) is 0 Å². The van der Waals surface area contributed by atoms with E-state index < -0.39 is 28.5 Å². The number of anilines is 1. The molecule has 0 bridgehead atoms. The van der Waals surface area contributed by atoms with Crippen LogP contribution < -0.4 is 9.62 Å². The number of carbonyl (C=O) groups excluding carboxylic acids is 2. The number of rotatable bonds is 10. The second-order valence-electron chi connectivity index (χ2n) is 9.29. The van der Waals surface area contributed by atoms with Gasteiger partial charge in [0.1, 0.15) is 12.6 Å². The number of hydrogen-bond acceptors (Lipinski definition) is 4. The van der Waals surface area contributed by atoms with Crippen molar-refractivity contribution in [3.8, 4) is 0 Å². The lowest BCUT2D eigenvalue weighted by molar-refractivity contribution is -0.139. The summed E-state index contributed by atoms with van der Waals surface area (Å²) in [5, 5.41) is 3.38. The van der Waals surface area contributed by atoms with Crippen molar-refractivity contribution >= 4 is 55.1 Å². The number of amides is 2. The summed E-state index contributed by atoms with van der Waals surface area (Å²) >= 11 is 9.40. The number of carbonyl (C=O) groups is 2. The molecule has 0 fully saturated rings. The van der Waals surface area contributed by atoms with Gasteiger partial charge in [-0.2, -0.15) is 0 Å². The normalized spacial score (nSPS) is 12.2. The zero-order valence-electron chi connectivity index (χ0n) is 21.7. The average Bonchev–Trinajstić information content (AvgIpc) is 2.87. The van der Waals surface area contributed by atoms with Crippen molar-refractivity contribution in [2.45, 2.75) is 51.2 Å². The van der Waals surface area contributed by atoms with Crippen LogP contribution in [0.4, 0.5) is 5.69 Å². The van der Waals surface area contributed by atoms with E-state index in [0.717, 1.165) is 19.9 Å². The summed E-state index contributed by atoms with van der Waals surface area (Å²) in [5.74, 6) is -0.858. The van der Waals surface area contributed by atoms with E-state index in [1.165, 1.54) is 17.0 Å². The van der Waals surface area contributed by atoms with Gasteiger partial charge in [-0.1, -0.05) is 57.4 Å². The first kappa shape index (κ1) is 29.7. The van der Waals surface area contributed by atoms with Crippen LogP contribution in [0, 0.1) is 6.92 Å². The zero-order chi connectivity index (χ0) is 28.0. The highest BCUT2D eigenvalue weighted by molar-refractivity contribution is 9.10. The predicted molar refractivity (Wildman–Crippen MR) is 155 cm³/mol. The minimum Gasteiger partial charge on any atom is -0.352 e. The van der Waals surface area contributed by atoms with Crippen LogP contribution in [0.15, 0.2) is 82.2 Å². The van der Waals surface area contributed by atoms with E-state index in [0.29, 0.717) is 10.7 Å². The highest BCUT2D eigenvalue weighted by Gasteiger charge is 2.32. The number of hydrogen-bond donors (Lipinski definition) is 1. The molecule has 202 valence electrons. The minimum absolute atomic E-state index is 0.0636. The van der Waals surface area contributed by atoms with Crippen molar-refractivity contribution in [3.05, 3.63) is 93.4 Å². The fraction of sp³-hybridized carbons (Fsp3) is 0.286. The Hall–Kier alpha value is -2.88. The molecule has 0 unspecified atom stereocenters. The Kier molecular flexibility index (Phi) is 9.98. The third-order valence-corrected chi connectivity index (χ3v) is 8.44. The summed E-state index contributed by atoms with van der Waals surface area (Å²) in [5.41, 5.74) is 1.99. The molecule has 3 rings (SSSR count). The Bertz CT molecular complexity index is 1360. The number of benzene rings is 3. The number of nitrogens with zero attached hydrogens (tertiary/aromatic N) is 2. The first-order chi connectivity index (χ1) is 17.9. The van der Waals surface area contributed by atoms with Crippen LogP contribution in [0.1, 0.15) is 31.9 Å². The van der Waals surface area contributed by atoms with Gasteiger partial charge in [-0.15, -0.1) is 0 Å². The molecule has 0 radical (unpaired) electrons. The molecule has 0 spiro atoms. The maximum atomic E-state index is 13.8. The van der Waals surface area contributed by atoms with Crippen molar-refractivity contribution in [1.82, 2.24) is 10.2 Å². The van der Waals surface area contributed by atoms with E-state index in [4.69, 9.17) is 11.6 Å². The van der Waals surface area contributed by atoms with Crippen LogP contribution in [0.5, 0.6) is 0 Å². The summed E-state index contributed by atoms with van der Waals surface area (Å²) < 4.78 is 29.4. The molecule has 38 heavy (non-hydrogen) atoms. The van der Waals surface area contributed by atoms with Crippen molar-refractivity contribution in [2.75, 3.05) is 10.8 Å². The van der Waals surface area contributed by atoms with E-state index in [1.807, 2.05) is 20.8 Å². The molecule has 0 saturated heterocycles. The van der Waals surface area contributed by atoms with E-state index >= 15 is 0 Å². The molecule has 3 aromatic rings. The van der Waals surface area contributed by atoms with E-state index in [1.54, 1.807) is 67.6 Å². The molecule has 0 aromatic heterocycles. The molecule has 1 atom stereocenters. The smallest absolute Gasteiger partial charge is 0.264 e. The van der Waals surface area contributed by atoms with Gasteiger partial charge in [0.25, 0.3) is 10.0 Å². The fourth-order valence-electron chi connectivity index (χ4n) is 3.75. The van der Waals surface area contributed by atoms with E-state index in [9.17, 15) is 18.0 Å². The maximum absolute atomic E-state index is 13.8. The Morgan fingerprint density at radius 1 is 0.921 bits per heavy atom. The van der Waals surface area contributed by atoms with Crippen LogP contribution in [-0.2, 0) is 26.2 Å². The van der Waals surface area contributed by atoms with Gasteiger partial charge in [-0.3, -0.25) is 13.9 Å². The second-order valence-corrected chi connectivity index (χ2v) is 12.5. The van der Waals surface area contributed by atoms with Crippen molar-refractivity contribution in [1.29, 1.82) is 0 Å². The number of halogens is 2. The Morgan fingerprint density at radius 3 is 2.05 bits per heavy atom. The molecule has 10 heteroatoms. The molecule has 0 saturated carbocycles. The van der Waals surface area contributed by atoms with Crippen LogP contribution in [-0.4, -0.2) is 43.8 Å². The second kappa shape index (κ2) is 12.8. The number of aryl methyl sites for hydroxylation is 1. The maximum Gasteiger partial charge on any atom is 0.264 e. The predicted octanol–water partition coefficient (Wildman–Crippen LogP) is 5.55. The first-order valence-electron chi connectivity index (χ1n) is 12.1. The topological polar surface area (TPSA) is 86.8 Å². The summed E-state index contributed by atoms with van der Waals surface area (Å²) in [6.45, 7) is 6.76. The van der Waals surface area contributed by atoms with Crippen molar-refractivity contribution < 1.29 is 18.0 Å². The minimum atomic E-state index is -4.10. The average molecular weight is 621 g/mol. The number of nitrogens with one attached hydrogen (secondary N) is 1. The van der Waals surface area contributed by atoms with E-state index in [-0.39, 0.29) is 23.4 Å². The number of sulfonamides is 1. The molecular formula is C28H31BrClN3O4S. The molecule has 0 heterocycles. The molecule has 0 aliphatic rings. The first-order valence-corrected chi connectivity index (χ1v) is 14.7. The molecule has 0 aliphatic carbocycles. The van der Waals surface area contributed by atoms with Gasteiger partial charge in [-0.25, -0.2) is 8.42 Å². The molecule has 3 aromatic carbocycles. The van der Waals surface area contributed by atoms with Gasteiger partial charge in [0.05, 0.1) is 10.6 Å². The summed E-state index contributed by atoms with van der Waals surface area (Å²) in [4.78, 5) is 28.2. The molecule has 7 nitrogen and oxygen atoms in total. The fourth-order valence-corrected chi connectivity index (χ4v) is 5.55. The van der Waals surface area contributed by atoms with Gasteiger partial charge < -0.3 is 10.2 Å². The third-order valence-electron chi connectivity index (χ3n) is 5.87. The summed E-state index contributed by atoms with van der Waals surface area (Å²) in [6.07, 6.45) is 0. The molecule has 1 N–H and O–H groups in total. The summed E-state index contributed by atoms with van der Waals surface area (Å²) in [6, 6.07) is 19.1. The third kappa shape index (κ3) is 7.58. The van der Waals surface area contributed by atoms with Crippen LogP contribution in [0.3, 0.4) is 0 Å². The molecule has 0 aliphatic heterocycles. The van der Waals surface area contributed by atoms with Crippen LogP contribution in [0.25, 0.3) is 0 Å². The quantitative estimate of drug-likeness (QED) is 0.322. The van der Waals surface area contributed by atoms with Crippen LogP contribution >= 0.6 is 27.5 Å². The monoisotopic (exact) mass is 619 g/mol. The zero-order valence-corrected chi connectivity index (χ0v) is 24.8. The van der Waals surface area contributed by atoms with E-state index in [2.05, 4.69) is 21.2 Å². The highest BCUT2D eigenvalue weighted by Crippen LogP contribution is 2.26. The molecule has 2 amide bonds. The molecular weight excluding hydrogens is 590 g/mol. The Balaban J connectivity index is 2.02. The van der Waals surface area contributed by atoms with Crippen molar-refractivity contribution in [2.24, 2.45) is 0 Å².